The average molecular weight is 281 g/mol. The summed E-state index contributed by atoms with van der Waals surface area (Å²) in [5, 5.41) is 2.61. The fourth-order valence-corrected chi connectivity index (χ4v) is 1.53. The van der Waals surface area contributed by atoms with Crippen molar-refractivity contribution in [1.82, 2.24) is 0 Å². The number of carbonyl (C=O) groups is 2. The minimum atomic E-state index is -0.401. The first-order valence-corrected chi connectivity index (χ1v) is 6.28. The van der Waals surface area contributed by atoms with Gasteiger partial charge in [0.05, 0.1) is 14.2 Å². The molecular formula is C14H19NO5. The largest absolute Gasteiger partial charge is 0.493 e. The molecule has 110 valence electrons. The summed E-state index contributed by atoms with van der Waals surface area (Å²) >= 11 is 0. The number of rotatable bonds is 7. The van der Waals surface area contributed by atoms with Crippen LogP contribution in [-0.4, -0.2) is 32.7 Å². The quantitative estimate of drug-likeness (QED) is 0.774. The van der Waals surface area contributed by atoms with Crippen LogP contribution >= 0.6 is 0 Å². The zero-order valence-electron chi connectivity index (χ0n) is 11.9. The number of carbonyl (C=O) groups excluding carboxylic acids is 2. The van der Waals surface area contributed by atoms with Crippen molar-refractivity contribution in [2.75, 3.05) is 26.1 Å². The van der Waals surface area contributed by atoms with Crippen molar-refractivity contribution in [3.63, 3.8) is 0 Å². The van der Waals surface area contributed by atoms with E-state index in [2.05, 4.69) is 5.32 Å². The minimum absolute atomic E-state index is 0.298. The van der Waals surface area contributed by atoms with Crippen LogP contribution in [0.15, 0.2) is 18.2 Å². The van der Waals surface area contributed by atoms with Crippen LogP contribution in [0.5, 0.6) is 11.5 Å². The molecule has 0 atom stereocenters. The van der Waals surface area contributed by atoms with E-state index in [1.807, 2.05) is 6.92 Å². The summed E-state index contributed by atoms with van der Waals surface area (Å²) in [6.07, 6.45) is 1.000. The monoisotopic (exact) mass is 281 g/mol. The van der Waals surface area contributed by atoms with Crippen molar-refractivity contribution in [1.29, 1.82) is 0 Å². The molecule has 0 aliphatic heterocycles. The topological polar surface area (TPSA) is 73.9 Å². The Bertz CT molecular complexity index is 473. The van der Waals surface area contributed by atoms with E-state index in [4.69, 9.17) is 14.2 Å². The number of nitrogens with one attached hydrogen (secondary N) is 1. The smallest absolute Gasteiger partial charge is 0.306 e. The lowest BCUT2D eigenvalue weighted by atomic mass is 10.2. The third kappa shape index (κ3) is 4.79. The molecule has 0 saturated heterocycles. The molecule has 0 aromatic heterocycles. The maximum Gasteiger partial charge on any atom is 0.306 e. The van der Waals surface area contributed by atoms with E-state index in [0.717, 1.165) is 0 Å². The van der Waals surface area contributed by atoms with Gasteiger partial charge in [0.1, 0.15) is 0 Å². The third-order valence-electron chi connectivity index (χ3n) is 2.49. The molecule has 0 heterocycles. The van der Waals surface area contributed by atoms with Crippen LogP contribution in [0.4, 0.5) is 5.69 Å². The Morgan fingerprint density at radius 1 is 1.15 bits per heavy atom. The second-order valence-corrected chi connectivity index (χ2v) is 4.03. The molecule has 1 aromatic carbocycles. The van der Waals surface area contributed by atoms with Crippen LogP contribution in [0.1, 0.15) is 19.8 Å². The Morgan fingerprint density at radius 2 is 1.85 bits per heavy atom. The maximum absolute atomic E-state index is 11.6. The molecule has 20 heavy (non-hydrogen) atoms. The highest BCUT2D eigenvalue weighted by Gasteiger charge is 2.09. The van der Waals surface area contributed by atoms with Gasteiger partial charge in [-0.05, 0) is 18.6 Å². The Balaban J connectivity index is 2.55. The molecule has 1 aromatic rings. The summed E-state index contributed by atoms with van der Waals surface area (Å²) in [5.74, 6) is 0.296. The van der Waals surface area contributed by atoms with Crippen molar-refractivity contribution in [3.8, 4) is 11.5 Å². The molecule has 0 bridgehead atoms. The van der Waals surface area contributed by atoms with Gasteiger partial charge in [-0.15, -0.1) is 0 Å². The number of hydrogen-bond donors (Lipinski definition) is 1. The van der Waals surface area contributed by atoms with Gasteiger partial charge in [0, 0.05) is 18.2 Å². The zero-order valence-corrected chi connectivity index (χ0v) is 11.9. The van der Waals surface area contributed by atoms with E-state index in [9.17, 15) is 9.59 Å². The van der Waals surface area contributed by atoms with Crippen molar-refractivity contribution in [2.24, 2.45) is 0 Å². The van der Waals surface area contributed by atoms with Crippen molar-refractivity contribution in [2.45, 2.75) is 19.8 Å². The molecule has 1 N–H and O–H groups in total. The first-order chi connectivity index (χ1) is 9.60. The predicted octanol–water partition coefficient (Wildman–Crippen LogP) is 1.99. The van der Waals surface area contributed by atoms with Gasteiger partial charge in [0.25, 0.3) is 5.91 Å². The molecule has 6 nitrogen and oxygen atoms in total. The molecule has 0 fully saturated rings. The Labute approximate surface area is 118 Å². The van der Waals surface area contributed by atoms with Crippen LogP contribution < -0.4 is 14.8 Å². The fourth-order valence-electron chi connectivity index (χ4n) is 1.53. The Kier molecular flexibility index (Phi) is 6.36. The molecule has 0 spiro atoms. The lowest BCUT2D eigenvalue weighted by molar-refractivity contribution is -0.147. The van der Waals surface area contributed by atoms with E-state index >= 15 is 0 Å². The summed E-state index contributed by atoms with van der Waals surface area (Å²) in [4.78, 5) is 22.8. The number of hydrogen-bond acceptors (Lipinski definition) is 5. The van der Waals surface area contributed by atoms with Crippen LogP contribution in [0, 0.1) is 0 Å². The van der Waals surface area contributed by atoms with E-state index in [-0.39, 0.29) is 12.6 Å². The van der Waals surface area contributed by atoms with Crippen LogP contribution in [-0.2, 0) is 14.3 Å². The summed E-state index contributed by atoms with van der Waals surface area (Å²) in [6, 6.07) is 4.98. The SMILES string of the molecule is CCCC(=O)OCC(=O)Nc1ccc(OC)c(OC)c1. The van der Waals surface area contributed by atoms with Crippen LogP contribution in [0.2, 0.25) is 0 Å². The number of methoxy groups -OCH3 is 2. The van der Waals surface area contributed by atoms with Gasteiger partial charge in [-0.3, -0.25) is 9.59 Å². The van der Waals surface area contributed by atoms with Crippen molar-refractivity contribution < 1.29 is 23.8 Å². The first-order valence-electron chi connectivity index (χ1n) is 6.28. The van der Waals surface area contributed by atoms with Gasteiger partial charge in [0.2, 0.25) is 0 Å². The average Bonchev–Trinajstić information content (AvgIpc) is 2.45. The summed E-state index contributed by atoms with van der Waals surface area (Å²) in [7, 11) is 3.04. The standard InChI is InChI=1S/C14H19NO5/c1-4-5-14(17)20-9-13(16)15-10-6-7-11(18-2)12(8-10)19-3/h6-8H,4-5,9H2,1-3H3,(H,15,16). The Morgan fingerprint density at radius 3 is 2.45 bits per heavy atom. The maximum atomic E-state index is 11.6. The number of anilines is 1. The minimum Gasteiger partial charge on any atom is -0.493 e. The van der Waals surface area contributed by atoms with E-state index in [1.165, 1.54) is 14.2 Å². The van der Waals surface area contributed by atoms with Gasteiger partial charge >= 0.3 is 5.97 Å². The number of esters is 1. The number of ether oxygens (including phenoxy) is 3. The predicted molar refractivity (Wildman–Crippen MR) is 74.0 cm³/mol. The molecule has 6 heteroatoms. The molecule has 1 rings (SSSR count). The molecule has 0 radical (unpaired) electrons. The summed E-state index contributed by atoms with van der Waals surface area (Å²) in [5.41, 5.74) is 0.541. The van der Waals surface area contributed by atoms with E-state index in [1.54, 1.807) is 18.2 Å². The van der Waals surface area contributed by atoms with Gasteiger partial charge in [0.15, 0.2) is 18.1 Å². The van der Waals surface area contributed by atoms with E-state index in [0.29, 0.717) is 30.0 Å². The highest BCUT2D eigenvalue weighted by atomic mass is 16.5. The van der Waals surface area contributed by atoms with E-state index < -0.39 is 5.91 Å². The first kappa shape index (κ1) is 15.8. The highest BCUT2D eigenvalue weighted by Crippen LogP contribution is 2.29. The summed E-state index contributed by atoms with van der Waals surface area (Å²) < 4.78 is 15.0. The normalized spacial score (nSPS) is 9.75. The van der Waals surface area contributed by atoms with Gasteiger partial charge in [-0.25, -0.2) is 0 Å². The van der Waals surface area contributed by atoms with Crippen LogP contribution in [0.3, 0.4) is 0 Å². The Hall–Kier alpha value is -2.24. The lowest BCUT2D eigenvalue weighted by Gasteiger charge is -2.10. The molecule has 0 aliphatic carbocycles. The molecule has 0 unspecified atom stereocenters. The third-order valence-corrected chi connectivity index (χ3v) is 2.49. The lowest BCUT2D eigenvalue weighted by Crippen LogP contribution is -2.20. The number of amides is 1. The second kappa shape index (κ2) is 8.04. The van der Waals surface area contributed by atoms with Gasteiger partial charge < -0.3 is 19.5 Å². The number of benzene rings is 1. The molecular weight excluding hydrogens is 262 g/mol. The summed E-state index contributed by atoms with van der Waals surface area (Å²) in [6.45, 7) is 1.57. The molecule has 0 saturated carbocycles. The highest BCUT2D eigenvalue weighted by molar-refractivity contribution is 5.93. The van der Waals surface area contributed by atoms with Crippen LogP contribution in [0.25, 0.3) is 0 Å². The van der Waals surface area contributed by atoms with Crippen molar-refractivity contribution >= 4 is 17.6 Å². The second-order valence-electron chi connectivity index (χ2n) is 4.03. The van der Waals surface area contributed by atoms with Gasteiger partial charge in [-0.2, -0.15) is 0 Å². The zero-order chi connectivity index (χ0) is 15.0. The van der Waals surface area contributed by atoms with Crippen molar-refractivity contribution in [3.05, 3.63) is 18.2 Å². The molecule has 1 amide bonds. The van der Waals surface area contributed by atoms with Gasteiger partial charge in [-0.1, -0.05) is 6.92 Å². The molecule has 0 aliphatic rings. The fraction of sp³-hybridized carbons (Fsp3) is 0.429.